The molecule has 0 aromatic carbocycles. The number of carbonyl (C=O) groups excluding carboxylic acids is 1. The van der Waals surface area contributed by atoms with Crippen LogP contribution < -0.4 is 0 Å². The average molecular weight is 298 g/mol. The van der Waals surface area contributed by atoms with Gasteiger partial charge in [0.1, 0.15) is 4.88 Å². The molecule has 0 fully saturated rings. The number of nitrogens with zero attached hydrogens (tertiary/aromatic N) is 1. The fourth-order valence-corrected chi connectivity index (χ4v) is 2.98. The van der Waals surface area contributed by atoms with Crippen LogP contribution in [-0.2, 0) is 6.18 Å². The van der Waals surface area contributed by atoms with Crippen LogP contribution in [0.2, 0.25) is 4.47 Å². The van der Waals surface area contributed by atoms with Gasteiger partial charge in [0, 0.05) is 0 Å². The Morgan fingerprint density at radius 3 is 2.65 bits per heavy atom. The second-order valence-corrected chi connectivity index (χ2v) is 5.48. The van der Waals surface area contributed by atoms with Crippen LogP contribution in [0.15, 0.2) is 17.5 Å². The highest BCUT2D eigenvalue weighted by Gasteiger charge is 2.39. The molecule has 2 rings (SSSR count). The summed E-state index contributed by atoms with van der Waals surface area (Å²) in [5, 5.41) is 1.61. The van der Waals surface area contributed by atoms with Crippen molar-refractivity contribution >= 4 is 40.1 Å². The third-order valence-corrected chi connectivity index (χ3v) is 3.85. The maximum absolute atomic E-state index is 12.6. The van der Waals surface area contributed by atoms with Crippen molar-refractivity contribution in [3.63, 3.8) is 0 Å². The standard InChI is InChI=1S/C9H3ClF3NOS2/c10-8-14-7(9(11,12)13)6(17-8)5(15)4-2-1-3-16-4/h1-3H. The monoisotopic (exact) mass is 297 g/mol. The Labute approximate surface area is 107 Å². The lowest BCUT2D eigenvalue weighted by atomic mass is 10.2. The van der Waals surface area contributed by atoms with Gasteiger partial charge in [-0.15, -0.1) is 11.3 Å². The number of hydrogen-bond donors (Lipinski definition) is 0. The zero-order chi connectivity index (χ0) is 12.6. The van der Waals surface area contributed by atoms with Gasteiger partial charge in [-0.05, 0) is 11.4 Å². The molecule has 2 aromatic heterocycles. The Morgan fingerprint density at radius 2 is 2.12 bits per heavy atom. The van der Waals surface area contributed by atoms with E-state index in [1.165, 1.54) is 6.07 Å². The van der Waals surface area contributed by atoms with Crippen molar-refractivity contribution < 1.29 is 18.0 Å². The van der Waals surface area contributed by atoms with Crippen LogP contribution >= 0.6 is 34.3 Å². The number of thiazole rings is 1. The van der Waals surface area contributed by atoms with E-state index in [4.69, 9.17) is 11.6 Å². The Hall–Kier alpha value is -0.920. The van der Waals surface area contributed by atoms with Crippen molar-refractivity contribution in [2.75, 3.05) is 0 Å². The number of halogens is 4. The van der Waals surface area contributed by atoms with E-state index in [1.807, 2.05) is 0 Å². The lowest BCUT2D eigenvalue weighted by Gasteiger charge is -2.04. The molecule has 0 N–H and O–H groups in total. The highest BCUT2D eigenvalue weighted by atomic mass is 35.5. The van der Waals surface area contributed by atoms with E-state index in [-0.39, 0.29) is 9.34 Å². The SMILES string of the molecule is O=C(c1cccs1)c1sc(Cl)nc1C(F)(F)F. The Morgan fingerprint density at radius 1 is 1.41 bits per heavy atom. The zero-order valence-electron chi connectivity index (χ0n) is 7.92. The van der Waals surface area contributed by atoms with Crippen molar-refractivity contribution in [2.45, 2.75) is 6.18 Å². The van der Waals surface area contributed by atoms with E-state index in [9.17, 15) is 18.0 Å². The highest BCUT2D eigenvalue weighted by molar-refractivity contribution is 7.19. The molecule has 0 amide bonds. The minimum absolute atomic E-state index is 0.232. The predicted molar refractivity (Wildman–Crippen MR) is 59.9 cm³/mol. The third kappa shape index (κ3) is 2.51. The van der Waals surface area contributed by atoms with E-state index >= 15 is 0 Å². The van der Waals surface area contributed by atoms with Crippen LogP contribution in [-0.4, -0.2) is 10.8 Å². The number of aromatic nitrogens is 1. The van der Waals surface area contributed by atoms with Gasteiger partial charge >= 0.3 is 6.18 Å². The minimum Gasteiger partial charge on any atom is -0.287 e. The van der Waals surface area contributed by atoms with E-state index in [0.29, 0.717) is 11.3 Å². The molecule has 0 aliphatic carbocycles. The van der Waals surface area contributed by atoms with Gasteiger partial charge in [0.05, 0.1) is 4.88 Å². The Balaban J connectivity index is 2.49. The molecule has 2 nitrogen and oxygen atoms in total. The number of carbonyl (C=O) groups is 1. The summed E-state index contributed by atoms with van der Waals surface area (Å²) in [4.78, 5) is 14.7. The molecule has 0 spiro atoms. The quantitative estimate of drug-likeness (QED) is 0.781. The highest BCUT2D eigenvalue weighted by Crippen LogP contribution is 2.37. The number of ketones is 1. The Bertz CT molecular complexity index is 547. The van der Waals surface area contributed by atoms with Gasteiger partial charge in [-0.2, -0.15) is 13.2 Å². The van der Waals surface area contributed by atoms with Gasteiger partial charge in [0.15, 0.2) is 10.2 Å². The molecule has 0 radical (unpaired) electrons. The number of alkyl halides is 3. The molecule has 0 aliphatic heterocycles. The van der Waals surface area contributed by atoms with Crippen molar-refractivity contribution in [1.82, 2.24) is 4.98 Å². The molecule has 2 aromatic rings. The maximum Gasteiger partial charge on any atom is 0.434 e. The fraction of sp³-hybridized carbons (Fsp3) is 0.111. The third-order valence-electron chi connectivity index (χ3n) is 1.82. The predicted octanol–water partition coefficient (Wildman–Crippen LogP) is 4.11. The van der Waals surface area contributed by atoms with E-state index in [2.05, 4.69) is 4.98 Å². The molecule has 0 unspecified atom stereocenters. The summed E-state index contributed by atoms with van der Waals surface area (Å²) in [6, 6.07) is 3.05. The molecule has 0 atom stereocenters. The maximum atomic E-state index is 12.6. The van der Waals surface area contributed by atoms with Gasteiger partial charge in [-0.1, -0.05) is 29.0 Å². The van der Waals surface area contributed by atoms with Crippen LogP contribution in [0.25, 0.3) is 0 Å². The normalized spacial score (nSPS) is 11.8. The van der Waals surface area contributed by atoms with Crippen LogP contribution in [0.4, 0.5) is 13.2 Å². The smallest absolute Gasteiger partial charge is 0.287 e. The molecule has 17 heavy (non-hydrogen) atoms. The first-order valence-electron chi connectivity index (χ1n) is 4.21. The second-order valence-electron chi connectivity index (χ2n) is 2.95. The molecular weight excluding hydrogens is 295 g/mol. The summed E-state index contributed by atoms with van der Waals surface area (Å²) in [5.41, 5.74) is -1.22. The van der Waals surface area contributed by atoms with Crippen LogP contribution in [0.3, 0.4) is 0 Å². The summed E-state index contributed by atoms with van der Waals surface area (Å²) >= 11 is 7.05. The number of rotatable bonds is 2. The first kappa shape index (κ1) is 12.5. The summed E-state index contributed by atoms with van der Waals surface area (Å²) < 4.78 is 37.5. The van der Waals surface area contributed by atoms with Crippen molar-refractivity contribution in [3.05, 3.63) is 37.4 Å². The fourth-order valence-electron chi connectivity index (χ4n) is 1.16. The van der Waals surface area contributed by atoms with Gasteiger partial charge in [-0.3, -0.25) is 4.79 Å². The lowest BCUT2D eigenvalue weighted by molar-refractivity contribution is -0.141. The van der Waals surface area contributed by atoms with Gasteiger partial charge < -0.3 is 0 Å². The summed E-state index contributed by atoms with van der Waals surface area (Å²) in [6.07, 6.45) is -4.67. The average Bonchev–Trinajstić information content (AvgIpc) is 2.83. The lowest BCUT2D eigenvalue weighted by Crippen LogP contribution is -2.11. The molecule has 8 heteroatoms. The van der Waals surface area contributed by atoms with Gasteiger partial charge in [0.25, 0.3) is 0 Å². The summed E-state index contributed by atoms with van der Waals surface area (Å²) in [6.45, 7) is 0. The summed E-state index contributed by atoms with van der Waals surface area (Å²) in [7, 11) is 0. The molecule has 90 valence electrons. The van der Waals surface area contributed by atoms with Crippen LogP contribution in [0, 0.1) is 0 Å². The van der Waals surface area contributed by atoms with Crippen LogP contribution in [0.5, 0.6) is 0 Å². The largest absolute Gasteiger partial charge is 0.434 e. The number of thiophene rings is 1. The van der Waals surface area contributed by atoms with Crippen molar-refractivity contribution in [1.29, 1.82) is 0 Å². The molecule has 2 heterocycles. The van der Waals surface area contributed by atoms with Crippen molar-refractivity contribution in [2.24, 2.45) is 0 Å². The number of hydrogen-bond acceptors (Lipinski definition) is 4. The van der Waals surface area contributed by atoms with Gasteiger partial charge in [0.2, 0.25) is 5.78 Å². The molecule has 0 bridgehead atoms. The van der Waals surface area contributed by atoms with Gasteiger partial charge in [-0.25, -0.2) is 4.98 Å². The Kier molecular flexibility index (Phi) is 3.24. The molecule has 0 saturated heterocycles. The van der Waals surface area contributed by atoms with E-state index in [0.717, 1.165) is 11.3 Å². The molecular formula is C9H3ClF3NOS2. The van der Waals surface area contributed by atoms with Crippen LogP contribution in [0.1, 0.15) is 20.2 Å². The summed E-state index contributed by atoms with van der Waals surface area (Å²) in [5.74, 6) is -0.697. The van der Waals surface area contributed by atoms with E-state index in [1.54, 1.807) is 11.4 Å². The second kappa shape index (κ2) is 4.40. The first-order chi connectivity index (χ1) is 7.89. The first-order valence-corrected chi connectivity index (χ1v) is 6.28. The zero-order valence-corrected chi connectivity index (χ0v) is 10.3. The minimum atomic E-state index is -4.67. The molecule has 0 aliphatic rings. The van der Waals surface area contributed by atoms with E-state index < -0.39 is 22.5 Å². The van der Waals surface area contributed by atoms with Crippen molar-refractivity contribution in [3.8, 4) is 0 Å². The topological polar surface area (TPSA) is 30.0 Å². The molecule has 0 saturated carbocycles.